The van der Waals surface area contributed by atoms with Crippen LogP contribution < -0.4 is 0 Å². The van der Waals surface area contributed by atoms with Gasteiger partial charge in [-0.3, -0.25) is 9.59 Å². The summed E-state index contributed by atoms with van der Waals surface area (Å²) in [6.07, 6.45) is 12.1. The highest BCUT2D eigenvalue weighted by Crippen LogP contribution is 2.39. The van der Waals surface area contributed by atoms with Gasteiger partial charge in [0.2, 0.25) is 0 Å². The molecule has 0 bridgehead atoms. The zero-order valence-corrected chi connectivity index (χ0v) is 17.5. The summed E-state index contributed by atoms with van der Waals surface area (Å²) in [4.78, 5) is 25.8. The van der Waals surface area contributed by atoms with Gasteiger partial charge >= 0.3 is 11.9 Å². The van der Waals surface area contributed by atoms with E-state index in [-0.39, 0.29) is 24.1 Å². The first-order chi connectivity index (χ1) is 12.5. The summed E-state index contributed by atoms with van der Waals surface area (Å²) in [5.41, 5.74) is -1.07. The Morgan fingerprint density at radius 2 is 1.19 bits per heavy atom. The van der Waals surface area contributed by atoms with Crippen LogP contribution in [-0.4, -0.2) is 24.1 Å². The number of hydrogen-bond donors (Lipinski definition) is 0. The molecule has 1 aliphatic carbocycles. The second-order valence-electron chi connectivity index (χ2n) is 8.07. The fraction of sp³-hybridized carbons (Fsp3) is 0.909. The van der Waals surface area contributed by atoms with Gasteiger partial charge in [-0.1, -0.05) is 58.8 Å². The molecule has 0 aromatic heterocycles. The lowest BCUT2D eigenvalue weighted by atomic mass is 9.74. The molecule has 1 saturated carbocycles. The van der Waals surface area contributed by atoms with Crippen LogP contribution >= 0.6 is 0 Å². The van der Waals surface area contributed by atoms with Crippen LogP contribution in [0.4, 0.5) is 0 Å². The normalized spacial score (nSPS) is 18.8. The van der Waals surface area contributed by atoms with Crippen molar-refractivity contribution in [2.45, 2.75) is 123 Å². The van der Waals surface area contributed by atoms with E-state index in [0.717, 1.165) is 70.6 Å². The zero-order valence-electron chi connectivity index (χ0n) is 17.5. The van der Waals surface area contributed by atoms with Crippen LogP contribution in [0.3, 0.4) is 0 Å². The first kappa shape index (κ1) is 23.0. The number of carbonyl (C=O) groups is 2. The van der Waals surface area contributed by atoms with Crippen LogP contribution in [-0.2, 0) is 19.1 Å². The van der Waals surface area contributed by atoms with Crippen LogP contribution in [0, 0.1) is 5.41 Å². The minimum atomic E-state index is -1.07. The average Bonchev–Trinajstić information content (AvgIpc) is 2.62. The lowest BCUT2D eigenvalue weighted by Crippen LogP contribution is -2.45. The number of unbranched alkanes of at least 4 members (excludes halogenated alkanes) is 4. The molecule has 152 valence electrons. The van der Waals surface area contributed by atoms with Crippen LogP contribution in [0.1, 0.15) is 111 Å². The molecule has 0 aromatic rings. The third kappa shape index (κ3) is 7.28. The molecule has 4 nitrogen and oxygen atoms in total. The number of rotatable bonds is 12. The molecule has 0 heterocycles. The summed E-state index contributed by atoms with van der Waals surface area (Å²) in [5.74, 6) is -0.709. The molecular weight excluding hydrogens is 328 g/mol. The molecule has 0 saturated heterocycles. The molecule has 2 unspecified atom stereocenters. The summed E-state index contributed by atoms with van der Waals surface area (Å²) >= 11 is 0. The molecule has 0 aliphatic heterocycles. The van der Waals surface area contributed by atoms with E-state index >= 15 is 0 Å². The molecule has 0 N–H and O–H groups in total. The molecule has 2 atom stereocenters. The Morgan fingerprint density at radius 1 is 0.769 bits per heavy atom. The molecule has 1 rings (SSSR count). The predicted molar refractivity (Wildman–Crippen MR) is 105 cm³/mol. The van der Waals surface area contributed by atoms with Crippen molar-refractivity contribution in [3.8, 4) is 0 Å². The van der Waals surface area contributed by atoms with Gasteiger partial charge < -0.3 is 9.47 Å². The van der Waals surface area contributed by atoms with Crippen molar-refractivity contribution in [1.29, 1.82) is 0 Å². The Bertz CT molecular complexity index is 380. The average molecular weight is 369 g/mol. The standard InChI is InChI=1S/C22H40O4/c1-5-7-10-14-18(3)25-20(23)22(16-12-9-13-17-22)21(24)26-19(4)15-11-8-6-2/h18-19H,5-17H2,1-4H3. The van der Waals surface area contributed by atoms with E-state index in [4.69, 9.17) is 9.47 Å². The van der Waals surface area contributed by atoms with E-state index in [1.807, 2.05) is 13.8 Å². The number of ether oxygens (including phenoxy) is 2. The maximum Gasteiger partial charge on any atom is 0.323 e. The van der Waals surface area contributed by atoms with E-state index in [1.165, 1.54) is 0 Å². The summed E-state index contributed by atoms with van der Waals surface area (Å²) in [6, 6.07) is 0. The van der Waals surface area contributed by atoms with Gasteiger partial charge in [-0.15, -0.1) is 0 Å². The second-order valence-corrected chi connectivity index (χ2v) is 8.07. The fourth-order valence-corrected chi connectivity index (χ4v) is 3.72. The Labute approximate surface area is 160 Å². The van der Waals surface area contributed by atoms with Gasteiger partial charge in [0.15, 0.2) is 5.41 Å². The minimum Gasteiger partial charge on any atom is -0.462 e. The second kappa shape index (κ2) is 12.3. The number of carbonyl (C=O) groups excluding carboxylic acids is 2. The van der Waals surface area contributed by atoms with E-state index < -0.39 is 5.41 Å². The van der Waals surface area contributed by atoms with E-state index in [0.29, 0.717) is 12.8 Å². The minimum absolute atomic E-state index is 0.136. The Hall–Kier alpha value is -1.06. The van der Waals surface area contributed by atoms with Gasteiger partial charge in [-0.05, 0) is 52.4 Å². The predicted octanol–water partition coefficient (Wildman–Crippen LogP) is 5.96. The molecule has 1 fully saturated rings. The maximum atomic E-state index is 12.9. The molecule has 0 radical (unpaired) electrons. The highest BCUT2D eigenvalue weighted by atomic mass is 16.6. The van der Waals surface area contributed by atoms with Gasteiger partial charge in [-0.25, -0.2) is 0 Å². The summed E-state index contributed by atoms with van der Waals surface area (Å²) < 4.78 is 11.4. The van der Waals surface area contributed by atoms with E-state index in [9.17, 15) is 9.59 Å². The molecular formula is C22H40O4. The monoisotopic (exact) mass is 368 g/mol. The van der Waals surface area contributed by atoms with Gasteiger partial charge in [0.05, 0.1) is 12.2 Å². The van der Waals surface area contributed by atoms with Crippen molar-refractivity contribution in [3.63, 3.8) is 0 Å². The topological polar surface area (TPSA) is 52.6 Å². The highest BCUT2D eigenvalue weighted by molar-refractivity contribution is 6.00. The molecule has 4 heteroatoms. The Kier molecular flexibility index (Phi) is 10.9. The first-order valence-electron chi connectivity index (χ1n) is 10.9. The van der Waals surface area contributed by atoms with Crippen molar-refractivity contribution in [2.24, 2.45) is 5.41 Å². The smallest absolute Gasteiger partial charge is 0.323 e. The van der Waals surface area contributed by atoms with Crippen molar-refractivity contribution in [1.82, 2.24) is 0 Å². The van der Waals surface area contributed by atoms with E-state index in [2.05, 4.69) is 13.8 Å². The fourth-order valence-electron chi connectivity index (χ4n) is 3.72. The molecule has 0 aromatic carbocycles. The van der Waals surface area contributed by atoms with Crippen molar-refractivity contribution >= 4 is 11.9 Å². The third-order valence-corrected chi connectivity index (χ3v) is 5.53. The zero-order chi connectivity index (χ0) is 19.4. The quantitative estimate of drug-likeness (QED) is 0.242. The van der Waals surface area contributed by atoms with Crippen LogP contribution in [0.15, 0.2) is 0 Å². The van der Waals surface area contributed by atoms with Gasteiger partial charge in [-0.2, -0.15) is 0 Å². The number of hydrogen-bond acceptors (Lipinski definition) is 4. The number of esters is 2. The summed E-state index contributed by atoms with van der Waals surface area (Å²) in [7, 11) is 0. The lowest BCUT2D eigenvalue weighted by Gasteiger charge is -2.34. The van der Waals surface area contributed by atoms with Gasteiger partial charge in [0.25, 0.3) is 0 Å². The molecule has 26 heavy (non-hydrogen) atoms. The summed E-state index contributed by atoms with van der Waals surface area (Å²) in [5, 5.41) is 0. The Morgan fingerprint density at radius 3 is 1.58 bits per heavy atom. The van der Waals surface area contributed by atoms with Crippen LogP contribution in [0.25, 0.3) is 0 Å². The maximum absolute atomic E-state index is 12.9. The third-order valence-electron chi connectivity index (χ3n) is 5.53. The molecule has 0 spiro atoms. The first-order valence-corrected chi connectivity index (χ1v) is 10.9. The van der Waals surface area contributed by atoms with Crippen molar-refractivity contribution in [2.75, 3.05) is 0 Å². The highest BCUT2D eigenvalue weighted by Gasteiger charge is 2.50. The lowest BCUT2D eigenvalue weighted by molar-refractivity contribution is -0.181. The largest absolute Gasteiger partial charge is 0.462 e. The van der Waals surface area contributed by atoms with Gasteiger partial charge in [0, 0.05) is 0 Å². The van der Waals surface area contributed by atoms with E-state index in [1.54, 1.807) is 0 Å². The van der Waals surface area contributed by atoms with Crippen LogP contribution in [0.2, 0.25) is 0 Å². The van der Waals surface area contributed by atoms with Crippen molar-refractivity contribution < 1.29 is 19.1 Å². The van der Waals surface area contributed by atoms with Crippen molar-refractivity contribution in [3.05, 3.63) is 0 Å². The SMILES string of the molecule is CCCCCC(C)OC(=O)C1(C(=O)OC(C)CCCCC)CCCCC1. The Balaban J connectivity index is 2.66. The summed E-state index contributed by atoms with van der Waals surface area (Å²) in [6.45, 7) is 8.18. The van der Waals surface area contributed by atoms with Crippen LogP contribution in [0.5, 0.6) is 0 Å². The van der Waals surface area contributed by atoms with Gasteiger partial charge in [0.1, 0.15) is 0 Å². The molecule has 1 aliphatic rings. The molecule has 0 amide bonds.